The smallest absolute Gasteiger partial charge is 0.394 e. The lowest BCUT2D eigenvalue weighted by molar-refractivity contribution is -0.315. The van der Waals surface area contributed by atoms with E-state index in [0.717, 1.165) is 12.1 Å². The lowest BCUT2D eigenvalue weighted by Gasteiger charge is -2.47. The fourth-order valence-electron chi connectivity index (χ4n) is 6.87. The number of alkyl halides is 3. The molecule has 1 aromatic rings. The maximum atomic E-state index is 13.0. The summed E-state index contributed by atoms with van der Waals surface area (Å²) in [6, 6.07) is -0.405. The average Bonchev–Trinajstić information content (AvgIpc) is 3.42. The number of halogens is 3. The molecule has 4 aliphatic rings. The van der Waals surface area contributed by atoms with Crippen molar-refractivity contribution in [3.8, 4) is 0 Å². The Kier molecular flexibility index (Phi) is 14.1. The Morgan fingerprint density at radius 2 is 1.15 bits per heavy atom. The summed E-state index contributed by atoms with van der Waals surface area (Å²) in [6.45, 7) is -1.86. The van der Waals surface area contributed by atoms with Crippen molar-refractivity contribution in [3.05, 3.63) is 35.4 Å². The van der Waals surface area contributed by atoms with E-state index >= 15 is 0 Å². The molecule has 22 heteroatoms. The van der Waals surface area contributed by atoms with Crippen LogP contribution in [0.15, 0.2) is 24.3 Å². The van der Waals surface area contributed by atoms with Crippen LogP contribution in [0.5, 0.6) is 0 Å². The first-order chi connectivity index (χ1) is 25.0. The van der Waals surface area contributed by atoms with Gasteiger partial charge in [0.05, 0.1) is 43.6 Å². The van der Waals surface area contributed by atoms with Gasteiger partial charge in [0, 0.05) is 18.6 Å². The van der Waals surface area contributed by atoms with Gasteiger partial charge in [0.1, 0.15) is 67.1 Å². The molecule has 0 aromatic heterocycles. The minimum absolute atomic E-state index is 0.00493. The number of benzene rings is 1. The Morgan fingerprint density at radius 1 is 0.623 bits per heavy atom. The number of nitrogens with two attached hydrogens (primary N) is 5. The molecule has 1 aromatic carbocycles. The molecule has 5 rings (SSSR count). The zero-order valence-electron chi connectivity index (χ0n) is 28.3. The van der Waals surface area contributed by atoms with E-state index in [9.17, 15) is 48.9 Å². The molecule has 1 saturated carbocycles. The number of aliphatic hydroxyl groups excluding tert-OH is 7. The summed E-state index contributed by atoms with van der Waals surface area (Å²) < 4.78 is 79.6. The van der Waals surface area contributed by atoms with Crippen LogP contribution in [0.1, 0.15) is 17.5 Å². The van der Waals surface area contributed by atoms with E-state index in [-0.39, 0.29) is 19.6 Å². The highest BCUT2D eigenvalue weighted by atomic mass is 19.4. The van der Waals surface area contributed by atoms with Gasteiger partial charge in [-0.3, -0.25) is 0 Å². The Bertz CT molecular complexity index is 1310. The second kappa shape index (κ2) is 17.6. The number of ether oxygens (including phenoxy) is 7. The molecule has 19 atom stereocenters. The molecule has 0 bridgehead atoms. The fourth-order valence-corrected chi connectivity index (χ4v) is 6.87. The third-order valence-electron chi connectivity index (χ3n) is 10.0. The molecule has 304 valence electrons. The quantitative estimate of drug-likeness (QED) is 0.0942. The van der Waals surface area contributed by atoms with Crippen LogP contribution in [0.25, 0.3) is 0 Å². The predicted molar refractivity (Wildman–Crippen MR) is 170 cm³/mol. The molecule has 4 fully saturated rings. The maximum absolute atomic E-state index is 13.0. The van der Waals surface area contributed by atoms with Crippen LogP contribution in [0.3, 0.4) is 0 Å². The molecule has 0 unspecified atom stereocenters. The van der Waals surface area contributed by atoms with E-state index in [2.05, 4.69) is 0 Å². The SMILES string of the molecule is NC[C@@H]1O[C@H](O[C@H]2[C@@H](O)[C@H](O[C@@H]3[C@@H](O)[C@H](N)C[C@H](N)[C@H]3O[C@H]3O[C@H](CO)[C@@H](OCc4ccc(C(F)(F)F)cc4)[C@H](O)[C@H]3N)O[C@@H]2CO)[C@H](N)[C@@H](O)[C@@H]1O. The number of hydrogen-bond acceptors (Lipinski definition) is 19. The maximum Gasteiger partial charge on any atom is 0.416 e. The highest BCUT2D eigenvalue weighted by Crippen LogP contribution is 2.35. The van der Waals surface area contributed by atoms with Crippen LogP contribution >= 0.6 is 0 Å². The third-order valence-corrected chi connectivity index (χ3v) is 10.0. The van der Waals surface area contributed by atoms with Gasteiger partial charge in [-0.1, -0.05) is 12.1 Å². The van der Waals surface area contributed by atoms with Gasteiger partial charge >= 0.3 is 6.18 Å². The van der Waals surface area contributed by atoms with Crippen LogP contribution < -0.4 is 28.7 Å². The summed E-state index contributed by atoms with van der Waals surface area (Å²) in [5.74, 6) is 0. The number of rotatable bonds is 12. The first kappa shape index (κ1) is 42.4. The lowest BCUT2D eigenvalue weighted by Crippen LogP contribution is -2.68. The Labute approximate surface area is 301 Å². The van der Waals surface area contributed by atoms with Gasteiger partial charge in [0.15, 0.2) is 18.9 Å². The van der Waals surface area contributed by atoms with Crippen LogP contribution in [0.4, 0.5) is 13.2 Å². The van der Waals surface area contributed by atoms with Crippen LogP contribution in [0, 0.1) is 0 Å². The molecule has 0 spiro atoms. The predicted octanol–water partition coefficient (Wildman–Crippen LogP) is -5.62. The summed E-state index contributed by atoms with van der Waals surface area (Å²) in [7, 11) is 0. The van der Waals surface area contributed by atoms with Gasteiger partial charge in [0.25, 0.3) is 0 Å². The first-order valence-electron chi connectivity index (χ1n) is 17.1. The van der Waals surface area contributed by atoms with Crippen molar-refractivity contribution in [3.63, 3.8) is 0 Å². The highest BCUT2D eigenvalue weighted by Gasteiger charge is 2.54. The Morgan fingerprint density at radius 3 is 1.74 bits per heavy atom. The van der Waals surface area contributed by atoms with E-state index in [1.54, 1.807) is 0 Å². The van der Waals surface area contributed by atoms with E-state index in [1.807, 2.05) is 0 Å². The van der Waals surface area contributed by atoms with E-state index < -0.39 is 141 Å². The molecule has 3 aliphatic heterocycles. The van der Waals surface area contributed by atoms with Crippen LogP contribution in [0.2, 0.25) is 0 Å². The molecule has 3 saturated heterocycles. The molecule has 3 heterocycles. The molecule has 17 N–H and O–H groups in total. The summed E-state index contributed by atoms with van der Waals surface area (Å²) >= 11 is 0. The van der Waals surface area contributed by atoms with Gasteiger partial charge in [-0.25, -0.2) is 0 Å². The minimum atomic E-state index is -4.53. The van der Waals surface area contributed by atoms with Crippen molar-refractivity contribution in [2.24, 2.45) is 28.7 Å². The molecule has 53 heavy (non-hydrogen) atoms. The zero-order chi connectivity index (χ0) is 38.9. The molecule has 19 nitrogen and oxygen atoms in total. The van der Waals surface area contributed by atoms with Crippen molar-refractivity contribution in [2.75, 3.05) is 19.8 Å². The molecular formula is C31H50F3N5O14. The minimum Gasteiger partial charge on any atom is -0.394 e. The first-order valence-corrected chi connectivity index (χ1v) is 17.1. The molecule has 1 aliphatic carbocycles. The van der Waals surface area contributed by atoms with Crippen LogP contribution in [-0.2, 0) is 45.9 Å². The van der Waals surface area contributed by atoms with Crippen molar-refractivity contribution in [2.45, 2.75) is 135 Å². The molecule has 0 radical (unpaired) electrons. The molecule has 0 amide bonds. The fraction of sp³-hybridized carbons (Fsp3) is 0.806. The van der Waals surface area contributed by atoms with Gasteiger partial charge in [-0.2, -0.15) is 13.2 Å². The normalized spacial score (nSPS) is 45.4. The van der Waals surface area contributed by atoms with Crippen molar-refractivity contribution in [1.82, 2.24) is 0 Å². The van der Waals surface area contributed by atoms with Gasteiger partial charge in [0.2, 0.25) is 0 Å². The number of aliphatic hydroxyl groups is 7. The van der Waals surface area contributed by atoms with Crippen molar-refractivity contribution >= 4 is 0 Å². The molecular weight excluding hydrogens is 723 g/mol. The van der Waals surface area contributed by atoms with Gasteiger partial charge in [-0.15, -0.1) is 0 Å². The van der Waals surface area contributed by atoms with E-state index in [1.165, 1.54) is 12.1 Å². The average molecular weight is 774 g/mol. The summed E-state index contributed by atoms with van der Waals surface area (Å²) in [4.78, 5) is 0. The monoisotopic (exact) mass is 773 g/mol. The second-order valence-corrected chi connectivity index (χ2v) is 13.7. The summed E-state index contributed by atoms with van der Waals surface area (Å²) in [5, 5.41) is 74.2. The van der Waals surface area contributed by atoms with Crippen molar-refractivity contribution in [1.29, 1.82) is 0 Å². The summed E-state index contributed by atoms with van der Waals surface area (Å²) in [5.41, 5.74) is 29.9. The Balaban J connectivity index is 1.26. The largest absolute Gasteiger partial charge is 0.416 e. The van der Waals surface area contributed by atoms with Gasteiger partial charge in [-0.05, 0) is 24.1 Å². The zero-order valence-corrected chi connectivity index (χ0v) is 28.3. The summed E-state index contributed by atoms with van der Waals surface area (Å²) in [6.07, 6.45) is -25.6. The van der Waals surface area contributed by atoms with Gasteiger partial charge < -0.3 is 97.6 Å². The van der Waals surface area contributed by atoms with E-state index in [0.29, 0.717) is 5.56 Å². The highest BCUT2D eigenvalue weighted by molar-refractivity contribution is 5.24. The van der Waals surface area contributed by atoms with E-state index in [4.69, 9.17) is 61.8 Å². The van der Waals surface area contributed by atoms with Crippen molar-refractivity contribution < 1.29 is 82.1 Å². The standard InChI is InChI=1S/C31H50F3N5O14/c32-31(33,34)11-3-1-10(2-4-11)9-47-25-15(7-40)49-29(18(39)22(25)45)51-24-13(37)5-12(36)19(42)27(24)53-30-23(46)26(16(8-41)50-30)52-28-17(38)21(44)20(43)14(6-35)48-28/h1-4,12-30,40-46H,5-9,35-39H2/t12-,13+,14+,15-,16-,17-,18-,19+,20-,21-,22-,23-,24-,25-,26-,27-,28-,29-,30+/m1/s1. The number of hydrogen-bond donors (Lipinski definition) is 12. The Hall–Kier alpha value is -1.75. The lowest BCUT2D eigenvalue weighted by atomic mass is 9.84. The second-order valence-electron chi connectivity index (χ2n) is 13.7. The topological polar surface area (TPSA) is 336 Å². The third kappa shape index (κ3) is 9.12. The van der Waals surface area contributed by atoms with Crippen LogP contribution in [-0.4, -0.2) is 172 Å².